The molecule has 0 aromatic heterocycles. The normalized spacial score (nSPS) is 27.6. The monoisotopic (exact) mass is 549 g/mol. The van der Waals surface area contributed by atoms with Crippen molar-refractivity contribution in [1.82, 2.24) is 20.5 Å². The van der Waals surface area contributed by atoms with Gasteiger partial charge in [0.25, 0.3) is 5.91 Å². The van der Waals surface area contributed by atoms with E-state index in [-0.39, 0.29) is 42.0 Å². The van der Waals surface area contributed by atoms with Gasteiger partial charge in [-0.1, -0.05) is 42.5 Å². The molecular weight excluding hydrogens is 510 g/mol. The Labute approximate surface area is 235 Å². The maximum atomic E-state index is 13.7. The van der Waals surface area contributed by atoms with Crippen molar-refractivity contribution in [3.8, 4) is 0 Å². The number of amides is 4. The zero-order valence-electron chi connectivity index (χ0n) is 23.1. The first kappa shape index (κ1) is 28.0. The van der Waals surface area contributed by atoms with E-state index in [0.717, 1.165) is 5.56 Å². The first-order valence-corrected chi connectivity index (χ1v) is 14.4. The van der Waals surface area contributed by atoms with Gasteiger partial charge in [-0.25, -0.2) is 5.01 Å². The summed E-state index contributed by atoms with van der Waals surface area (Å²) in [5, 5.41) is 11.8. The highest BCUT2D eigenvalue weighted by Gasteiger charge is 2.42. The molecule has 10 heteroatoms. The summed E-state index contributed by atoms with van der Waals surface area (Å²) < 4.78 is 5.58. The Morgan fingerprint density at radius 1 is 1.07 bits per heavy atom. The van der Waals surface area contributed by atoms with Crippen molar-refractivity contribution in [2.45, 2.75) is 63.5 Å². The van der Waals surface area contributed by atoms with E-state index in [1.54, 1.807) is 11.9 Å². The number of carbonyl (C=O) groups is 4. The molecule has 0 bridgehead atoms. The van der Waals surface area contributed by atoms with Crippen molar-refractivity contribution in [3.63, 3.8) is 0 Å². The molecule has 40 heavy (non-hydrogen) atoms. The van der Waals surface area contributed by atoms with Gasteiger partial charge in [0, 0.05) is 64.6 Å². The van der Waals surface area contributed by atoms with Gasteiger partial charge >= 0.3 is 0 Å². The van der Waals surface area contributed by atoms with Crippen molar-refractivity contribution < 1.29 is 23.9 Å². The Kier molecular flexibility index (Phi) is 8.63. The third-order valence-electron chi connectivity index (χ3n) is 8.75. The lowest BCUT2D eigenvalue weighted by Crippen LogP contribution is -2.59. The number of likely N-dealkylation sites (tertiary alicyclic amines) is 1. The van der Waals surface area contributed by atoms with Crippen LogP contribution < -0.4 is 10.6 Å². The van der Waals surface area contributed by atoms with E-state index < -0.39 is 11.5 Å². The van der Waals surface area contributed by atoms with Crippen LogP contribution in [0.2, 0.25) is 0 Å². The van der Waals surface area contributed by atoms with Crippen LogP contribution in [0.15, 0.2) is 47.6 Å². The predicted molar refractivity (Wildman–Crippen MR) is 149 cm³/mol. The van der Waals surface area contributed by atoms with Crippen LogP contribution in [-0.4, -0.2) is 84.7 Å². The average molecular weight is 550 g/mol. The molecule has 2 fully saturated rings. The van der Waals surface area contributed by atoms with Gasteiger partial charge in [-0.3, -0.25) is 19.2 Å². The predicted octanol–water partition coefficient (Wildman–Crippen LogP) is 1.80. The molecule has 4 heterocycles. The standard InChI is InChI=1S/C30H39N5O5/c1-34-26(36)11-10-24(33-34)28(38)35-16-12-23-22(20-35)9-5-6-13-30(14-17-40-18-15-30)29(39)32-25(27(37)31-23)19-21-7-3-2-4-8-21/h2-8,22-23,25H,9-20H2,1H3,(H,31,37)(H,32,39)/t22-,23+,25-/m0/s1. The number of allylic oxidation sites excluding steroid dienone is 2. The van der Waals surface area contributed by atoms with Crippen LogP contribution in [0.1, 0.15) is 50.5 Å². The number of hydrazone groups is 1. The fourth-order valence-electron chi connectivity index (χ4n) is 6.17. The number of nitrogens with zero attached hydrogens (tertiary/aromatic N) is 3. The largest absolute Gasteiger partial charge is 0.381 e. The molecule has 0 saturated carbocycles. The third-order valence-corrected chi connectivity index (χ3v) is 8.75. The molecule has 4 aliphatic rings. The summed E-state index contributed by atoms with van der Waals surface area (Å²) in [5.41, 5.74) is 0.768. The van der Waals surface area contributed by atoms with Gasteiger partial charge in [0.2, 0.25) is 17.7 Å². The lowest BCUT2D eigenvalue weighted by atomic mass is 9.75. The summed E-state index contributed by atoms with van der Waals surface area (Å²) in [4.78, 5) is 54.4. The SMILES string of the molecule is CN1N=C(C(=O)N2CC[C@H]3NC(=O)[C@H](Cc4ccccc4)NC(=O)C4(CC=CC[C@H]3C2)CCOCC4)CCC1=O. The Hall–Kier alpha value is -3.53. The van der Waals surface area contributed by atoms with Crippen LogP contribution in [-0.2, 0) is 30.3 Å². The third kappa shape index (κ3) is 6.27. The number of hydrogen-bond acceptors (Lipinski definition) is 6. The summed E-state index contributed by atoms with van der Waals surface area (Å²) in [5.74, 6) is -0.516. The maximum absolute atomic E-state index is 13.7. The van der Waals surface area contributed by atoms with Gasteiger partial charge in [-0.05, 0) is 37.7 Å². The number of hydrogen-bond donors (Lipinski definition) is 2. The molecule has 214 valence electrons. The molecule has 0 aliphatic carbocycles. The molecule has 1 aromatic carbocycles. The maximum Gasteiger partial charge on any atom is 0.270 e. The second-order valence-electron chi connectivity index (χ2n) is 11.4. The van der Waals surface area contributed by atoms with E-state index >= 15 is 0 Å². The van der Waals surface area contributed by atoms with E-state index in [1.165, 1.54) is 5.01 Å². The lowest BCUT2D eigenvalue weighted by molar-refractivity contribution is -0.140. The van der Waals surface area contributed by atoms with Crippen LogP contribution >= 0.6 is 0 Å². The molecule has 1 spiro atoms. The van der Waals surface area contributed by atoms with Gasteiger partial charge in [0.1, 0.15) is 11.8 Å². The zero-order chi connectivity index (χ0) is 28.1. The fourth-order valence-corrected chi connectivity index (χ4v) is 6.17. The smallest absolute Gasteiger partial charge is 0.270 e. The first-order chi connectivity index (χ1) is 19.3. The minimum Gasteiger partial charge on any atom is -0.381 e. The van der Waals surface area contributed by atoms with Gasteiger partial charge in [-0.15, -0.1) is 0 Å². The molecule has 4 amide bonds. The van der Waals surface area contributed by atoms with E-state index in [1.807, 2.05) is 30.3 Å². The Bertz CT molecular complexity index is 1180. The molecular formula is C30H39N5O5. The second-order valence-corrected chi connectivity index (χ2v) is 11.4. The minimum absolute atomic E-state index is 0.0135. The van der Waals surface area contributed by atoms with Crippen LogP contribution in [0.4, 0.5) is 0 Å². The van der Waals surface area contributed by atoms with Crippen molar-refractivity contribution >= 4 is 29.3 Å². The van der Waals surface area contributed by atoms with Crippen LogP contribution in [0, 0.1) is 11.3 Å². The quantitative estimate of drug-likeness (QED) is 0.557. The summed E-state index contributed by atoms with van der Waals surface area (Å²) in [6.45, 7) is 2.01. The van der Waals surface area contributed by atoms with Gasteiger partial charge in [0.15, 0.2) is 0 Å². The van der Waals surface area contributed by atoms with Crippen LogP contribution in [0.5, 0.6) is 0 Å². The highest BCUT2D eigenvalue weighted by Crippen LogP contribution is 2.36. The highest BCUT2D eigenvalue weighted by molar-refractivity contribution is 6.39. The van der Waals surface area contributed by atoms with Gasteiger partial charge in [0.05, 0.1) is 5.41 Å². The molecule has 0 unspecified atom stereocenters. The Morgan fingerprint density at radius 2 is 1.85 bits per heavy atom. The average Bonchev–Trinajstić information content (AvgIpc) is 2.97. The lowest BCUT2D eigenvalue weighted by Gasteiger charge is -2.40. The number of fused-ring (bicyclic) bond motifs is 1. The summed E-state index contributed by atoms with van der Waals surface area (Å²) in [6.07, 6.45) is 8.28. The highest BCUT2D eigenvalue weighted by atomic mass is 16.5. The second kappa shape index (κ2) is 12.3. The van der Waals surface area contributed by atoms with Gasteiger partial charge in [-0.2, -0.15) is 5.10 Å². The molecule has 10 nitrogen and oxygen atoms in total. The number of rotatable bonds is 3. The molecule has 5 rings (SSSR count). The van der Waals surface area contributed by atoms with Crippen molar-refractivity contribution in [2.24, 2.45) is 16.4 Å². The van der Waals surface area contributed by atoms with Crippen molar-refractivity contribution in [2.75, 3.05) is 33.4 Å². The molecule has 4 aliphatic heterocycles. The zero-order valence-corrected chi connectivity index (χ0v) is 23.1. The molecule has 0 radical (unpaired) electrons. The number of ether oxygens (including phenoxy) is 1. The van der Waals surface area contributed by atoms with Crippen LogP contribution in [0.25, 0.3) is 0 Å². The van der Waals surface area contributed by atoms with E-state index in [9.17, 15) is 19.2 Å². The molecule has 1 aromatic rings. The topological polar surface area (TPSA) is 120 Å². The van der Waals surface area contributed by atoms with Crippen LogP contribution in [0.3, 0.4) is 0 Å². The Balaban J connectivity index is 1.37. The van der Waals surface area contributed by atoms with E-state index in [2.05, 4.69) is 27.9 Å². The number of piperidine rings is 1. The van der Waals surface area contributed by atoms with E-state index in [0.29, 0.717) is 77.0 Å². The van der Waals surface area contributed by atoms with Crippen molar-refractivity contribution in [3.05, 3.63) is 48.0 Å². The number of benzene rings is 1. The number of carbonyl (C=O) groups excluding carboxylic acids is 4. The summed E-state index contributed by atoms with van der Waals surface area (Å²) in [6, 6.07) is 8.89. The molecule has 2 saturated heterocycles. The van der Waals surface area contributed by atoms with Crippen molar-refractivity contribution in [1.29, 1.82) is 0 Å². The Morgan fingerprint density at radius 3 is 2.60 bits per heavy atom. The fraction of sp³-hybridized carbons (Fsp3) is 0.567. The summed E-state index contributed by atoms with van der Waals surface area (Å²) >= 11 is 0. The first-order valence-electron chi connectivity index (χ1n) is 14.4. The summed E-state index contributed by atoms with van der Waals surface area (Å²) in [7, 11) is 1.57. The minimum atomic E-state index is -0.706. The van der Waals surface area contributed by atoms with E-state index in [4.69, 9.17) is 4.74 Å². The molecule has 3 atom stereocenters. The van der Waals surface area contributed by atoms with Gasteiger partial charge < -0.3 is 20.3 Å². The number of nitrogens with one attached hydrogen (secondary N) is 2. The molecule has 2 N–H and O–H groups in total.